The fourth-order valence-electron chi connectivity index (χ4n) is 0.392. The van der Waals surface area contributed by atoms with E-state index in [1.54, 1.807) is 0 Å². The maximum Gasteiger partial charge on any atom is 0.221 e. The molecule has 0 aromatic heterocycles. The molecule has 0 radical (unpaired) electrons. The van der Waals surface area contributed by atoms with Gasteiger partial charge in [-0.25, -0.2) is 0 Å². The summed E-state index contributed by atoms with van der Waals surface area (Å²) in [7, 11) is 0. The Kier molecular flexibility index (Phi) is 4.72. The summed E-state index contributed by atoms with van der Waals surface area (Å²) >= 11 is 0. The van der Waals surface area contributed by atoms with Crippen molar-refractivity contribution < 1.29 is 9.59 Å². The Morgan fingerprint density at radius 2 is 2.33 bits per heavy atom. The van der Waals surface area contributed by atoms with Gasteiger partial charge in [-0.1, -0.05) is 0 Å². The lowest BCUT2D eigenvalue weighted by atomic mass is 10.3. The third-order valence-corrected chi connectivity index (χ3v) is 0.788. The molecule has 0 aliphatic carbocycles. The monoisotopic (exact) mass is 130 g/mol. The molecule has 0 bridgehead atoms. The Balaban J connectivity index is 3.16. The topological polar surface area (TPSA) is 72.2 Å². The van der Waals surface area contributed by atoms with E-state index in [0.717, 1.165) is 0 Å². The average molecular weight is 130 g/mol. The van der Waals surface area contributed by atoms with Crippen molar-refractivity contribution in [2.45, 2.75) is 12.8 Å². The molecule has 0 fully saturated rings. The minimum Gasteiger partial charge on any atom is -0.344 e. The summed E-state index contributed by atoms with van der Waals surface area (Å²) in [6, 6.07) is 0. The second-order valence-corrected chi connectivity index (χ2v) is 1.51. The van der Waals surface area contributed by atoms with Gasteiger partial charge in [-0.3, -0.25) is 4.79 Å². The number of carbonyl (C=O) groups is 2. The fraction of sp³-hybridized carbons (Fsp3) is 0.600. The predicted molar refractivity (Wildman–Crippen MR) is 32.5 cm³/mol. The van der Waals surface area contributed by atoms with Crippen molar-refractivity contribution in [3.8, 4) is 0 Å². The molecule has 0 aromatic rings. The first kappa shape index (κ1) is 8.10. The number of amides is 1. The summed E-state index contributed by atoms with van der Waals surface area (Å²) in [6.07, 6.45) is 1.21. The van der Waals surface area contributed by atoms with Crippen LogP contribution in [-0.2, 0) is 9.59 Å². The van der Waals surface area contributed by atoms with Gasteiger partial charge in [-0.15, -0.1) is 0 Å². The number of aldehydes is 1. The van der Waals surface area contributed by atoms with Crippen LogP contribution in [0.3, 0.4) is 0 Å². The van der Waals surface area contributed by atoms with Gasteiger partial charge in [-0.05, 0) is 0 Å². The Morgan fingerprint density at radius 1 is 1.67 bits per heavy atom. The summed E-state index contributed by atoms with van der Waals surface area (Å²) in [4.78, 5) is 20.2. The van der Waals surface area contributed by atoms with E-state index in [0.29, 0.717) is 6.29 Å². The van der Waals surface area contributed by atoms with Gasteiger partial charge in [0, 0.05) is 12.8 Å². The standard InChI is InChI=1S/C5H10N2O2/c6-4-7-5(9)2-1-3-8/h3H,1-2,4,6H2,(H,7,9). The molecule has 0 spiro atoms. The molecule has 4 nitrogen and oxygen atoms in total. The van der Waals surface area contributed by atoms with E-state index in [4.69, 9.17) is 5.73 Å². The highest BCUT2D eigenvalue weighted by molar-refractivity contribution is 5.77. The highest BCUT2D eigenvalue weighted by atomic mass is 16.1. The van der Waals surface area contributed by atoms with Gasteiger partial charge in [0.15, 0.2) is 0 Å². The van der Waals surface area contributed by atoms with Crippen LogP contribution in [0.15, 0.2) is 0 Å². The molecule has 0 aromatic carbocycles. The molecule has 0 heterocycles. The second-order valence-electron chi connectivity index (χ2n) is 1.51. The normalized spacial score (nSPS) is 8.56. The van der Waals surface area contributed by atoms with Crippen LogP contribution in [0.25, 0.3) is 0 Å². The predicted octanol–water partition coefficient (Wildman–Crippen LogP) is -1.00. The first-order valence-corrected chi connectivity index (χ1v) is 2.71. The SMILES string of the molecule is NCNC(=O)CCC=O. The molecule has 0 atom stereocenters. The van der Waals surface area contributed by atoms with Gasteiger partial charge in [0.05, 0.1) is 6.67 Å². The summed E-state index contributed by atoms with van der Waals surface area (Å²) in [6.45, 7) is 0.137. The van der Waals surface area contributed by atoms with Crippen molar-refractivity contribution in [3.63, 3.8) is 0 Å². The summed E-state index contributed by atoms with van der Waals surface area (Å²) in [5.74, 6) is -0.176. The van der Waals surface area contributed by atoms with Crippen LogP contribution in [0.5, 0.6) is 0 Å². The van der Waals surface area contributed by atoms with Crippen LogP contribution in [0.4, 0.5) is 0 Å². The smallest absolute Gasteiger partial charge is 0.221 e. The minimum atomic E-state index is -0.176. The van der Waals surface area contributed by atoms with Crippen molar-refractivity contribution in [2.75, 3.05) is 6.67 Å². The van der Waals surface area contributed by atoms with E-state index in [-0.39, 0.29) is 25.4 Å². The van der Waals surface area contributed by atoms with Gasteiger partial charge in [0.1, 0.15) is 6.29 Å². The molecular formula is C5H10N2O2. The van der Waals surface area contributed by atoms with E-state index >= 15 is 0 Å². The summed E-state index contributed by atoms with van der Waals surface area (Å²) in [5.41, 5.74) is 4.98. The molecule has 0 aliphatic heterocycles. The van der Waals surface area contributed by atoms with Crippen LogP contribution >= 0.6 is 0 Å². The first-order chi connectivity index (χ1) is 4.31. The van der Waals surface area contributed by atoms with Gasteiger partial charge >= 0.3 is 0 Å². The van der Waals surface area contributed by atoms with Crippen molar-refractivity contribution in [1.29, 1.82) is 0 Å². The third-order valence-electron chi connectivity index (χ3n) is 0.788. The highest BCUT2D eigenvalue weighted by Crippen LogP contribution is 1.81. The Labute approximate surface area is 53.4 Å². The van der Waals surface area contributed by atoms with E-state index in [9.17, 15) is 9.59 Å². The molecule has 0 saturated carbocycles. The average Bonchev–Trinajstić information content (AvgIpc) is 1.85. The van der Waals surface area contributed by atoms with E-state index in [2.05, 4.69) is 5.32 Å². The van der Waals surface area contributed by atoms with Crippen LogP contribution in [0, 0.1) is 0 Å². The number of rotatable bonds is 4. The van der Waals surface area contributed by atoms with Gasteiger partial charge in [0.25, 0.3) is 0 Å². The zero-order valence-corrected chi connectivity index (χ0v) is 5.09. The molecule has 1 amide bonds. The van der Waals surface area contributed by atoms with E-state index < -0.39 is 0 Å². The molecule has 0 saturated heterocycles. The van der Waals surface area contributed by atoms with Gasteiger partial charge < -0.3 is 15.8 Å². The molecule has 9 heavy (non-hydrogen) atoms. The molecule has 0 unspecified atom stereocenters. The van der Waals surface area contributed by atoms with Crippen molar-refractivity contribution in [2.24, 2.45) is 5.73 Å². The summed E-state index contributed by atoms with van der Waals surface area (Å²) < 4.78 is 0. The maximum atomic E-state index is 10.5. The number of hydrogen-bond donors (Lipinski definition) is 2. The Hall–Kier alpha value is -0.900. The molecule has 4 heteroatoms. The summed E-state index contributed by atoms with van der Waals surface area (Å²) in [5, 5.41) is 2.36. The van der Waals surface area contributed by atoms with Gasteiger partial charge in [0.2, 0.25) is 5.91 Å². The number of carbonyl (C=O) groups excluding carboxylic acids is 2. The third kappa shape index (κ3) is 4.96. The van der Waals surface area contributed by atoms with Crippen LogP contribution in [0.2, 0.25) is 0 Å². The first-order valence-electron chi connectivity index (χ1n) is 2.71. The molecular weight excluding hydrogens is 120 g/mol. The van der Waals surface area contributed by atoms with Gasteiger partial charge in [-0.2, -0.15) is 0 Å². The number of nitrogens with one attached hydrogen (secondary N) is 1. The molecule has 0 aliphatic rings. The van der Waals surface area contributed by atoms with Crippen LogP contribution in [-0.4, -0.2) is 18.9 Å². The number of hydrogen-bond acceptors (Lipinski definition) is 3. The lowest BCUT2D eigenvalue weighted by molar-refractivity contribution is -0.122. The number of nitrogens with two attached hydrogens (primary N) is 1. The highest BCUT2D eigenvalue weighted by Gasteiger charge is 1.95. The Bertz CT molecular complexity index is 103. The molecule has 0 rings (SSSR count). The quantitative estimate of drug-likeness (QED) is 0.378. The molecule has 52 valence electrons. The minimum absolute atomic E-state index is 0.137. The Morgan fingerprint density at radius 3 is 2.78 bits per heavy atom. The van der Waals surface area contributed by atoms with Crippen LogP contribution < -0.4 is 11.1 Å². The van der Waals surface area contributed by atoms with Crippen LogP contribution in [0.1, 0.15) is 12.8 Å². The fourth-order valence-corrected chi connectivity index (χ4v) is 0.392. The zero-order valence-electron chi connectivity index (χ0n) is 5.09. The molecule has 3 N–H and O–H groups in total. The van der Waals surface area contributed by atoms with Crippen molar-refractivity contribution in [3.05, 3.63) is 0 Å². The largest absolute Gasteiger partial charge is 0.344 e. The van der Waals surface area contributed by atoms with Crippen molar-refractivity contribution in [1.82, 2.24) is 5.32 Å². The zero-order chi connectivity index (χ0) is 7.11. The van der Waals surface area contributed by atoms with E-state index in [1.165, 1.54) is 0 Å². The van der Waals surface area contributed by atoms with Crippen molar-refractivity contribution >= 4 is 12.2 Å². The maximum absolute atomic E-state index is 10.5. The lowest BCUT2D eigenvalue weighted by Gasteiger charge is -1.96. The second kappa shape index (κ2) is 5.24. The lowest BCUT2D eigenvalue weighted by Crippen LogP contribution is -2.28. The van der Waals surface area contributed by atoms with E-state index in [1.807, 2.05) is 0 Å².